The Labute approximate surface area is 155 Å². The lowest BCUT2D eigenvalue weighted by atomic mass is 10.00. The molecule has 0 aromatic carbocycles. The average molecular weight is 365 g/mol. The molecule has 1 N–H and O–H groups in total. The molecule has 8 heteroatoms. The minimum Gasteiger partial charge on any atom is -0.381 e. The Balaban J connectivity index is 1.44. The van der Waals surface area contributed by atoms with Crippen molar-refractivity contribution >= 4 is 6.03 Å². The number of hydrogen-bond acceptors (Lipinski definition) is 6. The number of carbonyl (C=O) groups is 1. The predicted octanol–water partition coefficient (Wildman–Crippen LogP) is 1.81. The van der Waals surface area contributed by atoms with Gasteiger partial charge in [-0.15, -0.1) is 0 Å². The zero-order valence-electron chi connectivity index (χ0n) is 15.9. The van der Waals surface area contributed by atoms with Gasteiger partial charge >= 0.3 is 6.03 Å². The van der Waals surface area contributed by atoms with Gasteiger partial charge < -0.3 is 24.4 Å². The Hall–Kier alpha value is -1.67. The molecule has 1 aromatic heterocycles. The summed E-state index contributed by atoms with van der Waals surface area (Å²) >= 11 is 0. The van der Waals surface area contributed by atoms with E-state index in [1.807, 2.05) is 13.8 Å². The van der Waals surface area contributed by atoms with Gasteiger partial charge in [0, 0.05) is 51.4 Å². The van der Waals surface area contributed by atoms with Gasteiger partial charge in [0.05, 0.1) is 0 Å². The highest BCUT2D eigenvalue weighted by molar-refractivity contribution is 5.74. The molecule has 0 saturated carbocycles. The largest absolute Gasteiger partial charge is 0.381 e. The van der Waals surface area contributed by atoms with Crippen LogP contribution in [0.5, 0.6) is 0 Å². The van der Waals surface area contributed by atoms with E-state index in [4.69, 9.17) is 9.26 Å². The first-order valence-electron chi connectivity index (χ1n) is 9.88. The number of rotatable bonds is 6. The number of nitrogens with one attached hydrogen (secondary N) is 1. The van der Waals surface area contributed by atoms with E-state index in [0.29, 0.717) is 30.8 Å². The third-order valence-corrected chi connectivity index (χ3v) is 5.39. The molecule has 3 rings (SSSR count). The molecular formula is C18H31N5O3. The summed E-state index contributed by atoms with van der Waals surface area (Å²) in [5, 5.41) is 7.07. The standard InChI is InChI=1S/C18H31N5O3/c1-3-16-20-17(26-21-16)13-22(4-2)18(24)19-14-5-9-23(10-6-14)15-7-11-25-12-8-15/h14-15H,3-13H2,1-2H3,(H,19,24). The van der Waals surface area contributed by atoms with Crippen LogP contribution in [0.3, 0.4) is 0 Å². The Kier molecular flexibility index (Phi) is 6.85. The van der Waals surface area contributed by atoms with Crippen molar-refractivity contribution in [3.05, 3.63) is 11.7 Å². The molecule has 2 aliphatic heterocycles. The van der Waals surface area contributed by atoms with Gasteiger partial charge in [-0.3, -0.25) is 0 Å². The lowest BCUT2D eigenvalue weighted by Crippen LogP contribution is -2.51. The Morgan fingerprint density at radius 2 is 1.96 bits per heavy atom. The quantitative estimate of drug-likeness (QED) is 0.828. The molecule has 2 aliphatic rings. The summed E-state index contributed by atoms with van der Waals surface area (Å²) in [5.41, 5.74) is 0. The van der Waals surface area contributed by atoms with Crippen LogP contribution in [0, 0.1) is 0 Å². The van der Waals surface area contributed by atoms with E-state index in [2.05, 4.69) is 20.4 Å². The van der Waals surface area contributed by atoms with Crippen LogP contribution in [-0.2, 0) is 17.7 Å². The van der Waals surface area contributed by atoms with Crippen LogP contribution in [0.1, 0.15) is 51.2 Å². The SMILES string of the molecule is CCc1noc(CN(CC)C(=O)NC2CCN(C3CCOCC3)CC2)n1. The topological polar surface area (TPSA) is 83.7 Å². The maximum Gasteiger partial charge on any atom is 0.318 e. The maximum absolute atomic E-state index is 12.6. The van der Waals surface area contributed by atoms with E-state index >= 15 is 0 Å². The van der Waals surface area contributed by atoms with Gasteiger partial charge in [-0.25, -0.2) is 4.79 Å². The molecule has 2 amide bonds. The summed E-state index contributed by atoms with van der Waals surface area (Å²) < 4.78 is 10.7. The number of urea groups is 1. The fourth-order valence-corrected chi connectivity index (χ4v) is 3.71. The van der Waals surface area contributed by atoms with Crippen molar-refractivity contribution in [2.45, 2.75) is 64.6 Å². The van der Waals surface area contributed by atoms with Crippen LogP contribution >= 0.6 is 0 Å². The third kappa shape index (κ3) is 4.94. The van der Waals surface area contributed by atoms with Gasteiger partial charge in [-0.1, -0.05) is 12.1 Å². The van der Waals surface area contributed by atoms with Crippen LogP contribution in [0.2, 0.25) is 0 Å². The van der Waals surface area contributed by atoms with Crippen molar-refractivity contribution in [3.63, 3.8) is 0 Å². The highest BCUT2D eigenvalue weighted by atomic mass is 16.5. The Morgan fingerprint density at radius 1 is 1.23 bits per heavy atom. The van der Waals surface area contributed by atoms with Crippen molar-refractivity contribution in [1.29, 1.82) is 0 Å². The van der Waals surface area contributed by atoms with E-state index in [0.717, 1.165) is 58.4 Å². The molecular weight excluding hydrogens is 334 g/mol. The fourth-order valence-electron chi connectivity index (χ4n) is 3.71. The number of nitrogens with zero attached hydrogens (tertiary/aromatic N) is 4. The normalized spacial score (nSPS) is 20.2. The first kappa shape index (κ1) is 19.1. The first-order valence-corrected chi connectivity index (χ1v) is 9.88. The Morgan fingerprint density at radius 3 is 2.58 bits per heavy atom. The van der Waals surface area contributed by atoms with E-state index in [9.17, 15) is 4.79 Å². The summed E-state index contributed by atoms with van der Waals surface area (Å²) in [7, 11) is 0. The minimum atomic E-state index is -0.0479. The lowest BCUT2D eigenvalue weighted by molar-refractivity contribution is 0.0241. The zero-order valence-corrected chi connectivity index (χ0v) is 15.9. The van der Waals surface area contributed by atoms with Crippen LogP contribution in [0.4, 0.5) is 4.79 Å². The minimum absolute atomic E-state index is 0.0479. The molecule has 1 aromatic rings. The number of ether oxygens (including phenoxy) is 1. The number of amides is 2. The monoisotopic (exact) mass is 365 g/mol. The fraction of sp³-hybridized carbons (Fsp3) is 0.833. The summed E-state index contributed by atoms with van der Waals surface area (Å²) in [5.74, 6) is 1.17. The maximum atomic E-state index is 12.6. The van der Waals surface area contributed by atoms with Crippen LogP contribution in [-0.4, -0.2) is 70.9 Å². The zero-order chi connectivity index (χ0) is 18.4. The second-order valence-electron chi connectivity index (χ2n) is 7.08. The van der Waals surface area contributed by atoms with Crippen molar-refractivity contribution in [1.82, 2.24) is 25.3 Å². The highest BCUT2D eigenvalue weighted by Gasteiger charge is 2.28. The molecule has 146 valence electrons. The number of aromatic nitrogens is 2. The Bertz CT molecular complexity index is 565. The summed E-state index contributed by atoms with van der Waals surface area (Å²) in [6, 6.07) is 0.840. The molecule has 2 saturated heterocycles. The number of likely N-dealkylation sites (tertiary alicyclic amines) is 1. The van der Waals surface area contributed by atoms with Gasteiger partial charge in [-0.2, -0.15) is 4.98 Å². The van der Waals surface area contributed by atoms with Crippen LogP contribution in [0.25, 0.3) is 0 Å². The van der Waals surface area contributed by atoms with Gasteiger partial charge in [-0.05, 0) is 32.6 Å². The lowest BCUT2D eigenvalue weighted by Gasteiger charge is -2.39. The first-order chi connectivity index (χ1) is 12.7. The van der Waals surface area contributed by atoms with E-state index in [1.54, 1.807) is 4.90 Å². The van der Waals surface area contributed by atoms with Crippen molar-refractivity contribution < 1.29 is 14.1 Å². The molecule has 26 heavy (non-hydrogen) atoms. The highest BCUT2D eigenvalue weighted by Crippen LogP contribution is 2.20. The van der Waals surface area contributed by atoms with Gasteiger partial charge in [0.15, 0.2) is 5.82 Å². The van der Waals surface area contributed by atoms with Crippen molar-refractivity contribution in [2.75, 3.05) is 32.8 Å². The molecule has 0 bridgehead atoms. The molecule has 3 heterocycles. The summed E-state index contributed by atoms with van der Waals surface area (Å²) in [6.07, 6.45) is 4.99. The molecule has 8 nitrogen and oxygen atoms in total. The molecule has 0 spiro atoms. The second kappa shape index (κ2) is 9.32. The van der Waals surface area contributed by atoms with E-state index < -0.39 is 0 Å². The van der Waals surface area contributed by atoms with Crippen molar-refractivity contribution in [2.24, 2.45) is 0 Å². The van der Waals surface area contributed by atoms with Gasteiger partial charge in [0.1, 0.15) is 6.54 Å². The third-order valence-electron chi connectivity index (χ3n) is 5.39. The molecule has 0 aliphatic carbocycles. The second-order valence-corrected chi connectivity index (χ2v) is 7.08. The molecule has 0 radical (unpaired) electrons. The average Bonchev–Trinajstić information content (AvgIpc) is 3.15. The number of aryl methyl sites for hydroxylation is 1. The molecule has 2 fully saturated rings. The van der Waals surface area contributed by atoms with Crippen LogP contribution < -0.4 is 5.32 Å². The van der Waals surface area contributed by atoms with Gasteiger partial charge in [0.2, 0.25) is 5.89 Å². The number of carbonyl (C=O) groups excluding carboxylic acids is 1. The van der Waals surface area contributed by atoms with Crippen molar-refractivity contribution in [3.8, 4) is 0 Å². The predicted molar refractivity (Wildman–Crippen MR) is 96.7 cm³/mol. The molecule has 0 atom stereocenters. The number of hydrogen-bond donors (Lipinski definition) is 1. The summed E-state index contributed by atoms with van der Waals surface area (Å²) in [4.78, 5) is 21.2. The van der Waals surface area contributed by atoms with E-state index in [-0.39, 0.29) is 12.1 Å². The smallest absolute Gasteiger partial charge is 0.318 e. The van der Waals surface area contributed by atoms with E-state index in [1.165, 1.54) is 0 Å². The summed E-state index contributed by atoms with van der Waals surface area (Å²) in [6.45, 7) is 8.75. The number of piperidine rings is 1. The van der Waals surface area contributed by atoms with Crippen LogP contribution in [0.15, 0.2) is 4.52 Å². The van der Waals surface area contributed by atoms with Gasteiger partial charge in [0.25, 0.3) is 0 Å². The molecule has 0 unspecified atom stereocenters.